The lowest BCUT2D eigenvalue weighted by atomic mass is 10.2. The predicted molar refractivity (Wildman–Crippen MR) is 53.9 cm³/mol. The molecule has 0 aliphatic carbocycles. The van der Waals surface area contributed by atoms with E-state index in [-0.39, 0.29) is 11.9 Å². The van der Waals surface area contributed by atoms with E-state index in [0.717, 1.165) is 13.0 Å². The molecule has 0 aromatic rings. The molecule has 1 unspecified atom stereocenters. The maximum Gasteiger partial charge on any atom is 0.250 e. The molecule has 78 valence electrons. The zero-order chi connectivity index (χ0) is 10.3. The van der Waals surface area contributed by atoms with Crippen molar-refractivity contribution in [2.75, 3.05) is 13.6 Å². The molecule has 1 atom stereocenters. The summed E-state index contributed by atoms with van der Waals surface area (Å²) in [5.74, 6) is 4.91. The second kappa shape index (κ2) is 6.86. The molecule has 0 saturated carbocycles. The lowest BCUT2D eigenvalue weighted by molar-refractivity contribution is -0.125. The van der Waals surface area contributed by atoms with Crippen molar-refractivity contribution < 1.29 is 4.79 Å². The van der Waals surface area contributed by atoms with Crippen LogP contribution >= 0.6 is 0 Å². The Morgan fingerprint density at radius 3 is 2.62 bits per heavy atom. The number of amides is 1. The lowest BCUT2D eigenvalue weighted by Crippen LogP contribution is -2.46. The highest BCUT2D eigenvalue weighted by molar-refractivity contribution is 5.80. The van der Waals surface area contributed by atoms with Crippen molar-refractivity contribution in [2.45, 2.75) is 39.2 Å². The molecule has 0 spiro atoms. The molecule has 0 saturated heterocycles. The molecular weight excluding hydrogens is 166 g/mol. The second-order valence-corrected chi connectivity index (χ2v) is 3.37. The first-order valence-electron chi connectivity index (χ1n) is 4.84. The Labute approximate surface area is 80.4 Å². The van der Waals surface area contributed by atoms with E-state index in [4.69, 9.17) is 5.84 Å². The molecule has 4 heteroatoms. The average Bonchev–Trinajstić information content (AvgIpc) is 2.15. The molecular formula is C9H21N3O. The van der Waals surface area contributed by atoms with E-state index < -0.39 is 0 Å². The number of hydrogen-bond donors (Lipinski definition) is 2. The van der Waals surface area contributed by atoms with Gasteiger partial charge in [-0.3, -0.25) is 15.1 Å². The van der Waals surface area contributed by atoms with Gasteiger partial charge in [-0.05, 0) is 26.9 Å². The van der Waals surface area contributed by atoms with Crippen LogP contribution in [0.25, 0.3) is 0 Å². The van der Waals surface area contributed by atoms with Crippen LogP contribution in [0.15, 0.2) is 0 Å². The van der Waals surface area contributed by atoms with Gasteiger partial charge in [-0.25, -0.2) is 5.84 Å². The van der Waals surface area contributed by atoms with Gasteiger partial charge in [0, 0.05) is 0 Å². The number of likely N-dealkylation sites (N-methyl/N-ethyl adjacent to an activating group) is 1. The third-order valence-corrected chi connectivity index (χ3v) is 2.30. The van der Waals surface area contributed by atoms with Crippen LogP contribution < -0.4 is 11.3 Å². The molecule has 13 heavy (non-hydrogen) atoms. The quantitative estimate of drug-likeness (QED) is 0.275. The van der Waals surface area contributed by atoms with Gasteiger partial charge < -0.3 is 0 Å². The smallest absolute Gasteiger partial charge is 0.250 e. The fourth-order valence-electron chi connectivity index (χ4n) is 1.13. The normalized spacial score (nSPS) is 13.0. The summed E-state index contributed by atoms with van der Waals surface area (Å²) in [6.45, 7) is 4.96. The van der Waals surface area contributed by atoms with E-state index in [1.807, 2.05) is 18.9 Å². The fraction of sp³-hybridized carbons (Fsp3) is 0.889. The number of hydrogen-bond acceptors (Lipinski definition) is 3. The van der Waals surface area contributed by atoms with Gasteiger partial charge in [0.1, 0.15) is 0 Å². The maximum atomic E-state index is 11.1. The Morgan fingerprint density at radius 1 is 1.54 bits per heavy atom. The summed E-state index contributed by atoms with van der Waals surface area (Å²) in [4.78, 5) is 13.1. The molecule has 0 radical (unpaired) electrons. The molecule has 3 N–H and O–H groups in total. The van der Waals surface area contributed by atoms with E-state index in [1.54, 1.807) is 0 Å². The van der Waals surface area contributed by atoms with Gasteiger partial charge in [0.05, 0.1) is 6.04 Å². The number of rotatable bonds is 6. The minimum Gasteiger partial charge on any atom is -0.295 e. The van der Waals surface area contributed by atoms with Gasteiger partial charge in [-0.15, -0.1) is 0 Å². The van der Waals surface area contributed by atoms with Crippen molar-refractivity contribution in [1.82, 2.24) is 10.3 Å². The molecule has 4 nitrogen and oxygen atoms in total. The van der Waals surface area contributed by atoms with E-state index >= 15 is 0 Å². The summed E-state index contributed by atoms with van der Waals surface area (Å²) in [6.07, 6.45) is 3.54. The first-order valence-corrected chi connectivity index (χ1v) is 4.84. The largest absolute Gasteiger partial charge is 0.295 e. The molecule has 1 amide bonds. The van der Waals surface area contributed by atoms with Crippen molar-refractivity contribution in [3.8, 4) is 0 Å². The van der Waals surface area contributed by atoms with E-state index in [0.29, 0.717) is 0 Å². The molecule has 0 aliphatic heterocycles. The highest BCUT2D eigenvalue weighted by atomic mass is 16.2. The maximum absolute atomic E-state index is 11.1. The van der Waals surface area contributed by atoms with E-state index in [1.165, 1.54) is 12.8 Å². The van der Waals surface area contributed by atoms with Crippen LogP contribution in [0.1, 0.15) is 33.1 Å². The van der Waals surface area contributed by atoms with Crippen LogP contribution in [0.4, 0.5) is 0 Å². The molecule has 0 rings (SSSR count). The Bertz CT molecular complexity index is 150. The van der Waals surface area contributed by atoms with Crippen LogP contribution in [0.3, 0.4) is 0 Å². The van der Waals surface area contributed by atoms with Crippen LogP contribution in [0.5, 0.6) is 0 Å². The van der Waals surface area contributed by atoms with Crippen molar-refractivity contribution in [2.24, 2.45) is 5.84 Å². The third-order valence-electron chi connectivity index (χ3n) is 2.30. The monoisotopic (exact) mass is 187 g/mol. The highest BCUT2D eigenvalue weighted by Gasteiger charge is 2.15. The summed E-state index contributed by atoms with van der Waals surface area (Å²) in [5, 5.41) is 0. The zero-order valence-corrected chi connectivity index (χ0v) is 8.84. The minimum atomic E-state index is -0.137. The number of hydrazine groups is 1. The number of nitrogens with zero attached hydrogens (tertiary/aromatic N) is 1. The van der Waals surface area contributed by atoms with Crippen LogP contribution in [-0.4, -0.2) is 30.4 Å². The number of unbranched alkanes of at least 4 members (excludes halogenated alkanes) is 2. The van der Waals surface area contributed by atoms with Crippen LogP contribution in [0, 0.1) is 0 Å². The summed E-state index contributed by atoms with van der Waals surface area (Å²) < 4.78 is 0. The topological polar surface area (TPSA) is 58.4 Å². The minimum absolute atomic E-state index is 0.126. The second-order valence-electron chi connectivity index (χ2n) is 3.37. The van der Waals surface area contributed by atoms with Gasteiger partial charge in [-0.2, -0.15) is 0 Å². The Kier molecular flexibility index (Phi) is 6.54. The number of carbonyl (C=O) groups excluding carboxylic acids is 1. The third kappa shape index (κ3) is 4.85. The summed E-state index contributed by atoms with van der Waals surface area (Å²) in [5.41, 5.74) is 2.16. The molecule has 0 fully saturated rings. The van der Waals surface area contributed by atoms with Crippen LogP contribution in [-0.2, 0) is 4.79 Å². The van der Waals surface area contributed by atoms with Gasteiger partial charge in [0.2, 0.25) is 0 Å². The summed E-state index contributed by atoms with van der Waals surface area (Å²) in [6, 6.07) is -0.137. The first-order chi connectivity index (χ1) is 6.13. The number of carbonyl (C=O) groups is 1. The Morgan fingerprint density at radius 2 is 2.15 bits per heavy atom. The number of nitrogens with one attached hydrogen (secondary N) is 1. The van der Waals surface area contributed by atoms with Crippen molar-refractivity contribution in [1.29, 1.82) is 0 Å². The Hall–Kier alpha value is -0.610. The van der Waals surface area contributed by atoms with Gasteiger partial charge in [0.25, 0.3) is 5.91 Å². The molecule has 0 aromatic carbocycles. The van der Waals surface area contributed by atoms with E-state index in [9.17, 15) is 4.79 Å². The Balaban J connectivity index is 3.68. The molecule has 0 bridgehead atoms. The predicted octanol–water partition coefficient (Wildman–Crippen LogP) is 0.487. The average molecular weight is 187 g/mol. The molecule has 0 aliphatic rings. The summed E-state index contributed by atoms with van der Waals surface area (Å²) >= 11 is 0. The zero-order valence-electron chi connectivity index (χ0n) is 8.84. The number of nitrogens with two attached hydrogens (primary N) is 1. The van der Waals surface area contributed by atoms with Gasteiger partial charge in [-0.1, -0.05) is 19.8 Å². The molecule has 0 heterocycles. The SMILES string of the molecule is CCCCCN(C)C(C)C(=O)NN. The van der Waals surface area contributed by atoms with E-state index in [2.05, 4.69) is 12.3 Å². The highest BCUT2D eigenvalue weighted by Crippen LogP contribution is 2.00. The van der Waals surface area contributed by atoms with Gasteiger partial charge in [0.15, 0.2) is 0 Å². The lowest BCUT2D eigenvalue weighted by Gasteiger charge is -2.22. The fourth-order valence-corrected chi connectivity index (χ4v) is 1.13. The van der Waals surface area contributed by atoms with Crippen molar-refractivity contribution >= 4 is 5.91 Å². The first kappa shape index (κ1) is 12.4. The van der Waals surface area contributed by atoms with Crippen molar-refractivity contribution in [3.63, 3.8) is 0 Å². The standard InChI is InChI=1S/C9H21N3O/c1-4-5-6-7-12(3)8(2)9(13)11-10/h8H,4-7,10H2,1-3H3,(H,11,13). The van der Waals surface area contributed by atoms with Gasteiger partial charge >= 0.3 is 0 Å². The molecule has 0 aromatic heterocycles. The van der Waals surface area contributed by atoms with Crippen LogP contribution in [0.2, 0.25) is 0 Å². The summed E-state index contributed by atoms with van der Waals surface area (Å²) in [7, 11) is 1.94. The van der Waals surface area contributed by atoms with Crippen molar-refractivity contribution in [3.05, 3.63) is 0 Å².